The number of nitriles is 1. The molecule has 1 aliphatic rings. The van der Waals surface area contributed by atoms with Crippen molar-refractivity contribution in [2.75, 3.05) is 5.32 Å². The van der Waals surface area contributed by atoms with E-state index >= 15 is 0 Å². The van der Waals surface area contributed by atoms with E-state index in [2.05, 4.69) is 16.7 Å². The molecular weight excluding hydrogens is 305 g/mol. The molecule has 24 heavy (non-hydrogen) atoms. The summed E-state index contributed by atoms with van der Waals surface area (Å²) in [5.41, 5.74) is 2.40. The summed E-state index contributed by atoms with van der Waals surface area (Å²) in [7, 11) is 0. The monoisotopic (exact) mass is 323 g/mol. The molecule has 1 saturated carbocycles. The molecule has 0 aliphatic heterocycles. The fraction of sp³-hybridized carbons (Fsp3) is 0.263. The van der Waals surface area contributed by atoms with E-state index in [0.717, 1.165) is 24.1 Å². The zero-order valence-electron chi connectivity index (χ0n) is 13.1. The Morgan fingerprint density at radius 2 is 1.83 bits per heavy atom. The summed E-state index contributed by atoms with van der Waals surface area (Å²) in [5, 5.41) is 14.9. The van der Waals surface area contributed by atoms with Crippen LogP contribution in [0.2, 0.25) is 0 Å². The van der Waals surface area contributed by atoms with Crippen LogP contribution < -0.4 is 10.6 Å². The lowest BCUT2D eigenvalue weighted by atomic mass is 10.0. The third-order valence-corrected chi connectivity index (χ3v) is 3.94. The molecule has 4 nitrogen and oxygen atoms in total. The van der Waals surface area contributed by atoms with Gasteiger partial charge in [-0.15, -0.1) is 0 Å². The van der Waals surface area contributed by atoms with Crippen LogP contribution >= 0.6 is 0 Å². The number of carbonyl (C=O) groups excluding carboxylic acids is 1. The Bertz CT molecular complexity index is 746. The quantitative estimate of drug-likeness (QED) is 0.857. The second-order valence-electron chi connectivity index (χ2n) is 5.94. The molecule has 1 amide bonds. The highest BCUT2D eigenvalue weighted by Crippen LogP contribution is 2.24. The van der Waals surface area contributed by atoms with E-state index in [1.165, 1.54) is 12.1 Å². The second kappa shape index (κ2) is 7.14. The molecule has 1 atom stereocenters. The Labute approximate surface area is 140 Å². The molecule has 0 heterocycles. The van der Waals surface area contributed by atoms with E-state index in [4.69, 9.17) is 5.26 Å². The molecule has 0 spiro atoms. The van der Waals surface area contributed by atoms with Crippen molar-refractivity contribution in [3.63, 3.8) is 0 Å². The average molecular weight is 323 g/mol. The Hall–Kier alpha value is -2.87. The van der Waals surface area contributed by atoms with Crippen molar-refractivity contribution in [1.82, 2.24) is 5.32 Å². The van der Waals surface area contributed by atoms with Gasteiger partial charge >= 0.3 is 0 Å². The highest BCUT2D eigenvalue weighted by atomic mass is 19.1. The molecule has 122 valence electrons. The molecule has 0 unspecified atom stereocenters. The lowest BCUT2D eigenvalue weighted by molar-refractivity contribution is -0.122. The Morgan fingerprint density at radius 1 is 1.17 bits per heavy atom. The summed E-state index contributed by atoms with van der Waals surface area (Å²) in [6, 6.07) is 15.1. The van der Waals surface area contributed by atoms with Crippen LogP contribution in [-0.4, -0.2) is 11.9 Å². The Kier molecular flexibility index (Phi) is 4.76. The van der Waals surface area contributed by atoms with E-state index in [-0.39, 0.29) is 17.8 Å². The normalized spacial score (nSPS) is 14.5. The minimum Gasteiger partial charge on any atom is -0.370 e. The number of rotatable bonds is 6. The SMILES string of the molecule is N#CCc1ccc(N[C@H](C(=O)NC2CC2)c2ccc(F)cc2)cc1. The van der Waals surface area contributed by atoms with E-state index in [1.807, 2.05) is 24.3 Å². The van der Waals surface area contributed by atoms with Crippen LogP contribution in [0.1, 0.15) is 30.0 Å². The van der Waals surface area contributed by atoms with Crippen molar-refractivity contribution < 1.29 is 9.18 Å². The van der Waals surface area contributed by atoms with Crippen LogP contribution in [0.25, 0.3) is 0 Å². The number of hydrogen-bond acceptors (Lipinski definition) is 3. The van der Waals surface area contributed by atoms with Crippen LogP contribution in [0.5, 0.6) is 0 Å². The topological polar surface area (TPSA) is 64.9 Å². The third kappa shape index (κ3) is 4.11. The fourth-order valence-corrected chi connectivity index (χ4v) is 2.44. The smallest absolute Gasteiger partial charge is 0.247 e. The molecule has 2 aromatic carbocycles. The summed E-state index contributed by atoms with van der Waals surface area (Å²) in [4.78, 5) is 12.5. The largest absolute Gasteiger partial charge is 0.370 e. The summed E-state index contributed by atoms with van der Waals surface area (Å²) in [5.74, 6) is -0.453. The number of benzene rings is 2. The van der Waals surface area contributed by atoms with Gasteiger partial charge in [0, 0.05) is 11.7 Å². The first-order chi connectivity index (χ1) is 11.7. The van der Waals surface area contributed by atoms with Crippen LogP contribution in [-0.2, 0) is 11.2 Å². The van der Waals surface area contributed by atoms with Gasteiger partial charge < -0.3 is 10.6 Å². The van der Waals surface area contributed by atoms with Crippen molar-refractivity contribution >= 4 is 11.6 Å². The van der Waals surface area contributed by atoms with Gasteiger partial charge in [-0.3, -0.25) is 4.79 Å². The predicted octanol–water partition coefficient (Wildman–Crippen LogP) is 3.32. The van der Waals surface area contributed by atoms with Crippen molar-refractivity contribution in [1.29, 1.82) is 5.26 Å². The summed E-state index contributed by atoms with van der Waals surface area (Å²) in [6.45, 7) is 0. The lowest BCUT2D eigenvalue weighted by Gasteiger charge is -2.20. The maximum absolute atomic E-state index is 13.2. The van der Waals surface area contributed by atoms with Gasteiger partial charge in [-0.25, -0.2) is 4.39 Å². The molecule has 0 bridgehead atoms. The van der Waals surface area contributed by atoms with E-state index in [0.29, 0.717) is 12.0 Å². The maximum atomic E-state index is 13.2. The van der Waals surface area contributed by atoms with Crippen LogP contribution in [0.4, 0.5) is 10.1 Å². The predicted molar refractivity (Wildman–Crippen MR) is 89.7 cm³/mol. The van der Waals surface area contributed by atoms with Gasteiger partial charge in [-0.05, 0) is 48.2 Å². The minimum atomic E-state index is -0.590. The van der Waals surface area contributed by atoms with E-state index in [1.54, 1.807) is 12.1 Å². The number of amides is 1. The molecule has 2 N–H and O–H groups in total. The summed E-state index contributed by atoms with van der Waals surface area (Å²) < 4.78 is 13.2. The van der Waals surface area contributed by atoms with Crippen molar-refractivity contribution in [3.05, 3.63) is 65.5 Å². The van der Waals surface area contributed by atoms with Gasteiger partial charge in [-0.2, -0.15) is 5.26 Å². The fourth-order valence-electron chi connectivity index (χ4n) is 2.44. The molecule has 1 fully saturated rings. The minimum absolute atomic E-state index is 0.120. The number of nitrogens with one attached hydrogen (secondary N) is 2. The third-order valence-electron chi connectivity index (χ3n) is 3.94. The van der Waals surface area contributed by atoms with E-state index in [9.17, 15) is 9.18 Å². The molecule has 3 rings (SSSR count). The van der Waals surface area contributed by atoms with Crippen LogP contribution in [0.3, 0.4) is 0 Å². The highest BCUT2D eigenvalue weighted by molar-refractivity contribution is 5.86. The maximum Gasteiger partial charge on any atom is 0.247 e. The molecule has 2 aromatic rings. The van der Waals surface area contributed by atoms with Crippen molar-refractivity contribution in [3.8, 4) is 6.07 Å². The summed E-state index contributed by atoms with van der Waals surface area (Å²) >= 11 is 0. The van der Waals surface area contributed by atoms with Gasteiger partial charge in [0.05, 0.1) is 12.5 Å². The zero-order valence-corrected chi connectivity index (χ0v) is 13.1. The highest BCUT2D eigenvalue weighted by Gasteiger charge is 2.28. The lowest BCUT2D eigenvalue weighted by Crippen LogP contribution is -2.34. The van der Waals surface area contributed by atoms with Gasteiger partial charge in [0.15, 0.2) is 0 Å². The Morgan fingerprint density at radius 3 is 2.42 bits per heavy atom. The standard InChI is InChI=1S/C19H18FN3O/c20-15-5-3-14(4-6-15)18(19(24)23-17-9-10-17)22-16-7-1-13(2-8-16)11-12-21/h1-8,17-18,22H,9-11H2,(H,23,24)/t18-/m0/s1. The van der Waals surface area contributed by atoms with Gasteiger partial charge in [-0.1, -0.05) is 24.3 Å². The molecule has 0 saturated heterocycles. The second-order valence-corrected chi connectivity index (χ2v) is 5.94. The molecule has 0 radical (unpaired) electrons. The number of hydrogen-bond donors (Lipinski definition) is 2. The van der Waals surface area contributed by atoms with Crippen molar-refractivity contribution in [2.45, 2.75) is 31.3 Å². The number of halogens is 1. The molecule has 5 heteroatoms. The number of anilines is 1. The molecular formula is C19H18FN3O. The van der Waals surface area contributed by atoms with Gasteiger partial charge in [0.25, 0.3) is 0 Å². The van der Waals surface area contributed by atoms with Crippen LogP contribution in [0.15, 0.2) is 48.5 Å². The number of nitrogens with zero attached hydrogens (tertiary/aromatic N) is 1. The molecule has 0 aromatic heterocycles. The zero-order chi connectivity index (χ0) is 16.9. The molecule has 1 aliphatic carbocycles. The first kappa shape index (κ1) is 16.0. The van der Waals surface area contributed by atoms with Crippen molar-refractivity contribution in [2.24, 2.45) is 0 Å². The summed E-state index contributed by atoms with van der Waals surface area (Å²) in [6.07, 6.45) is 2.36. The average Bonchev–Trinajstić information content (AvgIpc) is 3.39. The Balaban J connectivity index is 1.79. The van der Waals surface area contributed by atoms with Gasteiger partial charge in [0.2, 0.25) is 5.91 Å². The number of carbonyl (C=O) groups is 1. The van der Waals surface area contributed by atoms with Gasteiger partial charge in [0.1, 0.15) is 11.9 Å². The van der Waals surface area contributed by atoms with E-state index < -0.39 is 6.04 Å². The first-order valence-corrected chi connectivity index (χ1v) is 7.94. The van der Waals surface area contributed by atoms with Crippen LogP contribution in [0, 0.1) is 17.1 Å². The first-order valence-electron chi connectivity index (χ1n) is 7.94.